The number of sulfonamides is 1. The third-order valence-corrected chi connectivity index (χ3v) is 5.93. The lowest BCUT2D eigenvalue weighted by molar-refractivity contribution is 0.386. The van der Waals surface area contributed by atoms with Gasteiger partial charge in [-0.1, -0.05) is 18.2 Å². The van der Waals surface area contributed by atoms with Gasteiger partial charge in [0.2, 0.25) is 10.0 Å². The Kier molecular flexibility index (Phi) is 5.35. The number of halogens is 1. The number of hydrogen-bond acceptors (Lipinski definition) is 3. The summed E-state index contributed by atoms with van der Waals surface area (Å²) in [6.07, 6.45) is 2.96. The van der Waals surface area contributed by atoms with Crippen LogP contribution < -0.4 is 5.32 Å². The molecule has 1 atom stereocenters. The van der Waals surface area contributed by atoms with Crippen LogP contribution in [0, 0.1) is 5.82 Å². The summed E-state index contributed by atoms with van der Waals surface area (Å²) in [4.78, 5) is 0. The van der Waals surface area contributed by atoms with Gasteiger partial charge in [0.25, 0.3) is 0 Å². The smallest absolute Gasteiger partial charge is 0.214 e. The second kappa shape index (κ2) is 6.85. The molecular formula is C15H23FN2O2S. The lowest BCUT2D eigenvalue weighted by Gasteiger charge is -2.25. The summed E-state index contributed by atoms with van der Waals surface area (Å²) < 4.78 is 39.6. The molecule has 1 aliphatic carbocycles. The quantitative estimate of drug-likeness (QED) is 0.749. The molecule has 0 radical (unpaired) electrons. The normalized spacial score (nSPS) is 17.1. The molecule has 0 saturated heterocycles. The highest BCUT2D eigenvalue weighted by Crippen LogP contribution is 2.24. The molecule has 1 aliphatic rings. The van der Waals surface area contributed by atoms with Crippen LogP contribution in [0.15, 0.2) is 24.3 Å². The van der Waals surface area contributed by atoms with E-state index in [-0.39, 0.29) is 11.6 Å². The highest BCUT2D eigenvalue weighted by atomic mass is 32.2. The third kappa shape index (κ3) is 4.49. The number of nitrogens with one attached hydrogen (secondary N) is 1. The van der Waals surface area contributed by atoms with Gasteiger partial charge in [-0.3, -0.25) is 0 Å². The van der Waals surface area contributed by atoms with Crippen LogP contribution in [0.1, 0.15) is 37.8 Å². The molecule has 1 aromatic carbocycles. The number of hydrogen-bond donors (Lipinski definition) is 1. The topological polar surface area (TPSA) is 49.4 Å². The molecule has 0 heterocycles. The van der Waals surface area contributed by atoms with E-state index < -0.39 is 16.1 Å². The molecule has 4 nitrogen and oxygen atoms in total. The van der Waals surface area contributed by atoms with Gasteiger partial charge in [-0.2, -0.15) is 4.31 Å². The minimum atomic E-state index is -3.38. The van der Waals surface area contributed by atoms with Crippen molar-refractivity contribution in [2.24, 2.45) is 0 Å². The van der Waals surface area contributed by atoms with Crippen LogP contribution in [0.2, 0.25) is 0 Å². The van der Waals surface area contributed by atoms with Gasteiger partial charge >= 0.3 is 0 Å². The molecule has 0 spiro atoms. The highest BCUT2D eigenvalue weighted by molar-refractivity contribution is 7.89. The molecular weight excluding hydrogens is 291 g/mol. The summed E-state index contributed by atoms with van der Waals surface area (Å²) in [5.74, 6) is -0.287. The second-order valence-corrected chi connectivity index (χ2v) is 7.76. The van der Waals surface area contributed by atoms with Crippen molar-refractivity contribution in [1.82, 2.24) is 9.62 Å². The van der Waals surface area contributed by atoms with Gasteiger partial charge in [-0.25, -0.2) is 12.8 Å². The Hall–Kier alpha value is -0.980. The minimum absolute atomic E-state index is 0.0853. The van der Waals surface area contributed by atoms with Gasteiger partial charge in [0.15, 0.2) is 0 Å². The lowest BCUT2D eigenvalue weighted by Crippen LogP contribution is -2.33. The van der Waals surface area contributed by atoms with E-state index >= 15 is 0 Å². The van der Waals surface area contributed by atoms with E-state index in [0.29, 0.717) is 24.6 Å². The average molecular weight is 314 g/mol. The first-order valence-corrected chi connectivity index (χ1v) is 8.96. The maximum Gasteiger partial charge on any atom is 0.214 e. The Morgan fingerprint density at radius 2 is 2.05 bits per heavy atom. The maximum absolute atomic E-state index is 13.8. The molecule has 21 heavy (non-hydrogen) atoms. The lowest BCUT2D eigenvalue weighted by atomic mass is 10.1. The van der Waals surface area contributed by atoms with Gasteiger partial charge in [0.05, 0.1) is 5.75 Å². The van der Waals surface area contributed by atoms with Gasteiger partial charge in [-0.05, 0) is 38.8 Å². The molecule has 1 saturated carbocycles. The van der Waals surface area contributed by atoms with Crippen molar-refractivity contribution < 1.29 is 12.8 Å². The van der Waals surface area contributed by atoms with E-state index in [1.807, 2.05) is 0 Å². The van der Waals surface area contributed by atoms with Crippen molar-refractivity contribution in [2.75, 3.05) is 19.3 Å². The van der Waals surface area contributed by atoms with Gasteiger partial charge in [0.1, 0.15) is 5.82 Å². The van der Waals surface area contributed by atoms with Gasteiger partial charge in [0, 0.05) is 24.7 Å². The second-order valence-electron chi connectivity index (χ2n) is 5.61. The molecule has 1 aromatic rings. The van der Waals surface area contributed by atoms with E-state index in [9.17, 15) is 12.8 Å². The molecule has 6 heteroatoms. The first-order valence-electron chi connectivity index (χ1n) is 7.35. The average Bonchev–Trinajstić information content (AvgIpc) is 3.27. The summed E-state index contributed by atoms with van der Waals surface area (Å²) in [5, 5.41) is 3.30. The van der Waals surface area contributed by atoms with Crippen molar-refractivity contribution in [1.29, 1.82) is 0 Å². The molecule has 0 bridgehead atoms. The predicted octanol–water partition coefficient (Wildman–Crippen LogP) is 2.29. The van der Waals surface area contributed by atoms with Crippen molar-refractivity contribution in [3.8, 4) is 0 Å². The molecule has 0 amide bonds. The summed E-state index contributed by atoms with van der Waals surface area (Å²) in [5.41, 5.74) is 0.402. The fraction of sp³-hybridized carbons (Fsp3) is 0.600. The largest absolute Gasteiger partial charge is 0.314 e. The molecule has 1 fully saturated rings. The molecule has 0 aromatic heterocycles. The fourth-order valence-electron chi connectivity index (χ4n) is 2.24. The summed E-state index contributed by atoms with van der Waals surface area (Å²) >= 11 is 0. The molecule has 118 valence electrons. The summed E-state index contributed by atoms with van der Waals surface area (Å²) in [6, 6.07) is 6.38. The summed E-state index contributed by atoms with van der Waals surface area (Å²) in [7, 11) is -1.86. The van der Waals surface area contributed by atoms with Crippen molar-refractivity contribution in [3.63, 3.8) is 0 Å². The Morgan fingerprint density at radius 3 is 2.67 bits per heavy atom. The monoisotopic (exact) mass is 314 g/mol. The first-order chi connectivity index (χ1) is 9.92. The molecule has 1 unspecified atom stereocenters. The Balaban J connectivity index is 1.92. The highest BCUT2D eigenvalue weighted by Gasteiger charge is 2.26. The zero-order valence-corrected chi connectivity index (χ0v) is 13.4. The van der Waals surface area contributed by atoms with Crippen LogP contribution in [0.25, 0.3) is 0 Å². The molecule has 1 N–H and O–H groups in total. The Labute approximate surface area is 126 Å². The standard InChI is InChI=1S/C15H23FN2O2S/c1-12(14-6-3-4-7-15(14)16)18(2)21(19,20)11-5-10-17-13-8-9-13/h3-4,6-7,12-13,17H,5,8-11H2,1-2H3. The van der Waals surface area contributed by atoms with E-state index in [1.54, 1.807) is 25.1 Å². The molecule has 0 aliphatic heterocycles. The van der Waals surface area contributed by atoms with Gasteiger partial charge in [-0.15, -0.1) is 0 Å². The fourth-order valence-corrected chi connectivity index (χ4v) is 3.64. The van der Waals surface area contributed by atoms with Crippen LogP contribution in [-0.4, -0.2) is 38.1 Å². The Morgan fingerprint density at radius 1 is 1.38 bits per heavy atom. The van der Waals surface area contributed by atoms with Crippen LogP contribution >= 0.6 is 0 Å². The predicted molar refractivity (Wildman–Crippen MR) is 82.0 cm³/mol. The van der Waals surface area contributed by atoms with E-state index in [4.69, 9.17) is 0 Å². The zero-order chi connectivity index (χ0) is 15.5. The van der Waals surface area contributed by atoms with Crippen LogP contribution in [-0.2, 0) is 10.0 Å². The zero-order valence-electron chi connectivity index (χ0n) is 12.5. The maximum atomic E-state index is 13.8. The van der Waals surface area contributed by atoms with Crippen LogP contribution in [0.5, 0.6) is 0 Å². The van der Waals surface area contributed by atoms with E-state index in [0.717, 1.165) is 0 Å². The van der Waals surface area contributed by atoms with Gasteiger partial charge < -0.3 is 5.32 Å². The molecule has 2 rings (SSSR count). The third-order valence-electron chi connectivity index (χ3n) is 3.93. The van der Waals surface area contributed by atoms with E-state index in [2.05, 4.69) is 5.32 Å². The number of rotatable bonds is 8. The van der Waals surface area contributed by atoms with Crippen molar-refractivity contribution in [2.45, 2.75) is 38.3 Å². The summed E-state index contributed by atoms with van der Waals surface area (Å²) in [6.45, 7) is 2.42. The Bertz CT molecular complexity index is 573. The van der Waals surface area contributed by atoms with Crippen molar-refractivity contribution >= 4 is 10.0 Å². The van der Waals surface area contributed by atoms with E-state index in [1.165, 1.54) is 30.3 Å². The van der Waals surface area contributed by atoms with Crippen molar-refractivity contribution in [3.05, 3.63) is 35.6 Å². The SMILES string of the molecule is CC(c1ccccc1F)N(C)S(=O)(=O)CCCNC1CC1. The first kappa shape index (κ1) is 16.4. The number of benzene rings is 1. The number of nitrogens with zero attached hydrogens (tertiary/aromatic N) is 1. The van der Waals surface area contributed by atoms with Crippen LogP contribution in [0.4, 0.5) is 4.39 Å². The van der Waals surface area contributed by atoms with Crippen LogP contribution in [0.3, 0.4) is 0 Å². The minimum Gasteiger partial charge on any atom is -0.314 e.